The highest BCUT2D eigenvalue weighted by molar-refractivity contribution is 5.90. The van der Waals surface area contributed by atoms with E-state index in [0.717, 1.165) is 25.0 Å². The molecule has 2 aliphatic heterocycles. The number of nitrogens with zero attached hydrogens (tertiary/aromatic N) is 1. The Bertz CT molecular complexity index is 298. The number of unbranched alkanes of at least 4 members (excludes halogenated alkanes) is 1. The molecule has 0 saturated carbocycles. The second-order valence-corrected chi connectivity index (χ2v) is 4.73. The first-order chi connectivity index (χ1) is 7.77. The SMILES string of the molecule is CCCCN1[C@@H]2CC=C(C(=O)OC)[C@H]1CC2. The summed E-state index contributed by atoms with van der Waals surface area (Å²) >= 11 is 0. The van der Waals surface area contributed by atoms with Crippen molar-refractivity contribution in [2.45, 2.75) is 51.1 Å². The lowest BCUT2D eigenvalue weighted by molar-refractivity contribution is -0.137. The van der Waals surface area contributed by atoms with Crippen molar-refractivity contribution in [3.05, 3.63) is 11.6 Å². The van der Waals surface area contributed by atoms with Crippen LogP contribution in [0.3, 0.4) is 0 Å². The molecule has 3 heteroatoms. The average Bonchev–Trinajstić information content (AvgIpc) is 2.57. The minimum absolute atomic E-state index is 0.133. The normalized spacial score (nSPS) is 29.0. The Balaban J connectivity index is 2.08. The molecule has 0 aromatic rings. The number of carbonyl (C=O) groups excluding carboxylic acids is 1. The standard InChI is InChI=1S/C13H21NO2/c1-3-4-9-14-10-5-7-11(13(15)16-2)12(14)8-6-10/h7,10,12H,3-6,8-9H2,1-2H3/t10-,12-/m1/s1. The second kappa shape index (κ2) is 5.00. The number of esters is 1. The number of fused-ring (bicyclic) bond motifs is 2. The van der Waals surface area contributed by atoms with E-state index in [1.165, 1.54) is 26.4 Å². The molecule has 0 aromatic carbocycles. The molecule has 90 valence electrons. The van der Waals surface area contributed by atoms with E-state index >= 15 is 0 Å². The van der Waals surface area contributed by atoms with Gasteiger partial charge in [-0.1, -0.05) is 19.4 Å². The summed E-state index contributed by atoms with van der Waals surface area (Å²) in [6.07, 6.45) is 7.90. The van der Waals surface area contributed by atoms with Crippen molar-refractivity contribution in [3.8, 4) is 0 Å². The Labute approximate surface area is 97.5 Å². The van der Waals surface area contributed by atoms with Gasteiger partial charge < -0.3 is 4.74 Å². The number of rotatable bonds is 4. The van der Waals surface area contributed by atoms with Crippen LogP contribution in [0, 0.1) is 0 Å². The first kappa shape index (κ1) is 11.6. The smallest absolute Gasteiger partial charge is 0.335 e. The molecule has 0 radical (unpaired) electrons. The zero-order valence-corrected chi connectivity index (χ0v) is 10.2. The van der Waals surface area contributed by atoms with E-state index < -0.39 is 0 Å². The summed E-state index contributed by atoms with van der Waals surface area (Å²) in [5.74, 6) is -0.133. The molecule has 1 fully saturated rings. The van der Waals surface area contributed by atoms with Gasteiger partial charge in [-0.3, -0.25) is 4.90 Å². The first-order valence-corrected chi connectivity index (χ1v) is 6.32. The molecule has 1 saturated heterocycles. The molecule has 3 nitrogen and oxygen atoms in total. The maximum absolute atomic E-state index is 11.7. The van der Waals surface area contributed by atoms with Crippen molar-refractivity contribution >= 4 is 5.97 Å². The molecule has 0 spiro atoms. The number of hydrogen-bond acceptors (Lipinski definition) is 3. The fourth-order valence-electron chi connectivity index (χ4n) is 2.94. The molecule has 2 aliphatic rings. The van der Waals surface area contributed by atoms with Gasteiger partial charge in [-0.05, 0) is 32.2 Å². The van der Waals surface area contributed by atoms with Gasteiger partial charge in [0.05, 0.1) is 12.7 Å². The average molecular weight is 223 g/mol. The lowest BCUT2D eigenvalue weighted by atomic mass is 10.0. The summed E-state index contributed by atoms with van der Waals surface area (Å²) in [7, 11) is 1.47. The van der Waals surface area contributed by atoms with Gasteiger partial charge in [0.15, 0.2) is 0 Å². The third kappa shape index (κ3) is 2.01. The predicted octanol–water partition coefficient (Wildman–Crippen LogP) is 2.12. The van der Waals surface area contributed by atoms with E-state index in [1.54, 1.807) is 0 Å². The van der Waals surface area contributed by atoms with Crippen LogP contribution in [0.25, 0.3) is 0 Å². The molecule has 0 unspecified atom stereocenters. The van der Waals surface area contributed by atoms with Crippen LogP contribution in [0.1, 0.15) is 39.0 Å². The summed E-state index contributed by atoms with van der Waals surface area (Å²) in [5.41, 5.74) is 0.896. The Morgan fingerprint density at radius 2 is 2.38 bits per heavy atom. The zero-order chi connectivity index (χ0) is 11.5. The largest absolute Gasteiger partial charge is 0.466 e. The van der Waals surface area contributed by atoms with Gasteiger partial charge in [-0.25, -0.2) is 4.79 Å². The minimum atomic E-state index is -0.133. The number of methoxy groups -OCH3 is 1. The summed E-state index contributed by atoms with van der Waals surface area (Å²) in [5, 5.41) is 0. The highest BCUT2D eigenvalue weighted by Crippen LogP contribution is 2.36. The monoisotopic (exact) mass is 223 g/mol. The maximum atomic E-state index is 11.7. The van der Waals surface area contributed by atoms with Gasteiger partial charge in [-0.2, -0.15) is 0 Å². The van der Waals surface area contributed by atoms with Crippen molar-refractivity contribution in [2.24, 2.45) is 0 Å². The van der Waals surface area contributed by atoms with Crippen LogP contribution in [0.2, 0.25) is 0 Å². The quantitative estimate of drug-likeness (QED) is 0.684. The predicted molar refractivity (Wildman–Crippen MR) is 63.1 cm³/mol. The molecule has 0 aromatic heterocycles. The van der Waals surface area contributed by atoms with Gasteiger partial charge in [0.1, 0.15) is 0 Å². The minimum Gasteiger partial charge on any atom is -0.466 e. The van der Waals surface area contributed by atoms with Crippen molar-refractivity contribution < 1.29 is 9.53 Å². The molecular weight excluding hydrogens is 202 g/mol. The Morgan fingerprint density at radius 3 is 3.06 bits per heavy atom. The Kier molecular flexibility index (Phi) is 3.64. The third-order valence-electron chi connectivity index (χ3n) is 3.80. The Morgan fingerprint density at radius 1 is 1.56 bits per heavy atom. The number of carbonyl (C=O) groups is 1. The lowest BCUT2D eigenvalue weighted by Crippen LogP contribution is -2.42. The number of hydrogen-bond donors (Lipinski definition) is 0. The van der Waals surface area contributed by atoms with E-state index in [1.807, 2.05) is 0 Å². The summed E-state index contributed by atoms with van der Waals surface area (Å²) < 4.78 is 4.86. The number of ether oxygens (including phenoxy) is 1. The molecule has 2 atom stereocenters. The van der Waals surface area contributed by atoms with Gasteiger partial charge in [-0.15, -0.1) is 0 Å². The van der Waals surface area contributed by atoms with Crippen LogP contribution < -0.4 is 0 Å². The van der Waals surface area contributed by atoms with Crippen LogP contribution in [-0.2, 0) is 9.53 Å². The molecule has 2 rings (SSSR count). The lowest BCUT2D eigenvalue weighted by Gasteiger charge is -2.34. The van der Waals surface area contributed by atoms with Crippen LogP contribution in [0.15, 0.2) is 11.6 Å². The summed E-state index contributed by atoms with van der Waals surface area (Å²) in [6.45, 7) is 3.34. The van der Waals surface area contributed by atoms with Crippen molar-refractivity contribution in [2.75, 3.05) is 13.7 Å². The van der Waals surface area contributed by atoms with E-state index in [-0.39, 0.29) is 5.97 Å². The molecule has 2 bridgehead atoms. The second-order valence-electron chi connectivity index (χ2n) is 4.73. The van der Waals surface area contributed by atoms with Crippen molar-refractivity contribution in [1.29, 1.82) is 0 Å². The summed E-state index contributed by atoms with van der Waals surface area (Å²) in [6, 6.07) is 1.00. The van der Waals surface area contributed by atoms with Crippen LogP contribution >= 0.6 is 0 Å². The van der Waals surface area contributed by atoms with Gasteiger partial charge >= 0.3 is 5.97 Å². The third-order valence-corrected chi connectivity index (χ3v) is 3.80. The van der Waals surface area contributed by atoms with Gasteiger partial charge in [0.2, 0.25) is 0 Å². The highest BCUT2D eigenvalue weighted by atomic mass is 16.5. The molecule has 16 heavy (non-hydrogen) atoms. The van der Waals surface area contributed by atoms with Gasteiger partial charge in [0, 0.05) is 12.1 Å². The highest BCUT2D eigenvalue weighted by Gasteiger charge is 2.40. The molecule has 0 amide bonds. The first-order valence-electron chi connectivity index (χ1n) is 6.32. The van der Waals surface area contributed by atoms with Crippen LogP contribution in [0.4, 0.5) is 0 Å². The molecule has 0 N–H and O–H groups in total. The van der Waals surface area contributed by atoms with E-state index in [4.69, 9.17) is 4.74 Å². The van der Waals surface area contributed by atoms with E-state index in [2.05, 4.69) is 17.9 Å². The van der Waals surface area contributed by atoms with E-state index in [9.17, 15) is 4.79 Å². The molecule has 0 aliphatic carbocycles. The maximum Gasteiger partial charge on any atom is 0.335 e. The summed E-state index contributed by atoms with van der Waals surface area (Å²) in [4.78, 5) is 14.2. The van der Waals surface area contributed by atoms with E-state index in [0.29, 0.717) is 12.1 Å². The van der Waals surface area contributed by atoms with Crippen LogP contribution in [0.5, 0.6) is 0 Å². The molecule has 2 heterocycles. The topological polar surface area (TPSA) is 29.5 Å². The fraction of sp³-hybridized carbons (Fsp3) is 0.769. The zero-order valence-electron chi connectivity index (χ0n) is 10.2. The van der Waals surface area contributed by atoms with Crippen LogP contribution in [-0.4, -0.2) is 36.6 Å². The van der Waals surface area contributed by atoms with Gasteiger partial charge in [0.25, 0.3) is 0 Å². The Hall–Kier alpha value is -0.830. The van der Waals surface area contributed by atoms with Crippen molar-refractivity contribution in [1.82, 2.24) is 4.90 Å². The molecular formula is C13H21NO2. The fourth-order valence-corrected chi connectivity index (χ4v) is 2.94. The van der Waals surface area contributed by atoms with Crippen molar-refractivity contribution in [3.63, 3.8) is 0 Å².